The van der Waals surface area contributed by atoms with Crippen molar-refractivity contribution in [1.82, 2.24) is 5.32 Å². The summed E-state index contributed by atoms with van der Waals surface area (Å²) >= 11 is 6.13. The number of hydrogen-bond acceptors (Lipinski definition) is 4. The van der Waals surface area contributed by atoms with Crippen LogP contribution in [0.15, 0.2) is 12.1 Å². The number of amides is 1. The van der Waals surface area contributed by atoms with Crippen molar-refractivity contribution in [3.05, 3.63) is 22.7 Å². The Kier molecular flexibility index (Phi) is 5.09. The summed E-state index contributed by atoms with van der Waals surface area (Å²) in [5.74, 6) is 1.18. The first kappa shape index (κ1) is 14.9. The van der Waals surface area contributed by atoms with Crippen molar-refractivity contribution in [2.24, 2.45) is 5.73 Å². The molecule has 2 rings (SSSR count). The van der Waals surface area contributed by atoms with Gasteiger partial charge in [0.1, 0.15) is 13.2 Å². The number of rotatable bonds is 5. The largest absolute Gasteiger partial charge is 0.486 e. The predicted molar refractivity (Wildman–Crippen MR) is 77.2 cm³/mol. The molecule has 1 aliphatic rings. The number of hydrogen-bond donors (Lipinski definition) is 2. The van der Waals surface area contributed by atoms with Crippen LogP contribution in [0.1, 0.15) is 25.3 Å². The molecule has 0 aliphatic carbocycles. The van der Waals surface area contributed by atoms with E-state index in [4.69, 9.17) is 26.8 Å². The lowest BCUT2D eigenvalue weighted by molar-refractivity contribution is -0.121. The average molecular weight is 299 g/mol. The van der Waals surface area contributed by atoms with Crippen molar-refractivity contribution in [2.45, 2.75) is 32.4 Å². The Balaban J connectivity index is 1.93. The van der Waals surface area contributed by atoms with E-state index >= 15 is 0 Å². The first-order chi connectivity index (χ1) is 9.56. The topological polar surface area (TPSA) is 73.6 Å². The van der Waals surface area contributed by atoms with E-state index in [1.165, 1.54) is 0 Å². The zero-order valence-corrected chi connectivity index (χ0v) is 12.2. The van der Waals surface area contributed by atoms with Gasteiger partial charge in [0.25, 0.3) is 0 Å². The molecular weight excluding hydrogens is 280 g/mol. The van der Waals surface area contributed by atoms with E-state index in [1.54, 1.807) is 6.07 Å². The highest BCUT2D eigenvalue weighted by molar-refractivity contribution is 6.32. The lowest BCUT2D eigenvalue weighted by Crippen LogP contribution is -2.25. The number of nitrogens with one attached hydrogen (secondary N) is 1. The molecule has 1 heterocycles. The van der Waals surface area contributed by atoms with Crippen LogP contribution in [0.2, 0.25) is 5.02 Å². The summed E-state index contributed by atoms with van der Waals surface area (Å²) < 4.78 is 10.9. The number of nitrogens with two attached hydrogens (primary N) is 1. The summed E-state index contributed by atoms with van der Waals surface area (Å²) in [6.07, 6.45) is 1.10. The summed E-state index contributed by atoms with van der Waals surface area (Å²) in [5.41, 5.74) is 6.50. The van der Waals surface area contributed by atoms with Crippen molar-refractivity contribution in [3.63, 3.8) is 0 Å². The van der Waals surface area contributed by atoms with Crippen LogP contribution in [0.5, 0.6) is 11.5 Å². The van der Waals surface area contributed by atoms with E-state index in [2.05, 4.69) is 5.32 Å². The van der Waals surface area contributed by atoms with Crippen LogP contribution in [0.3, 0.4) is 0 Å². The third-order valence-electron chi connectivity index (χ3n) is 2.97. The van der Waals surface area contributed by atoms with Gasteiger partial charge in [-0.3, -0.25) is 4.79 Å². The molecule has 1 aromatic carbocycles. The van der Waals surface area contributed by atoms with Crippen molar-refractivity contribution in [2.75, 3.05) is 13.2 Å². The number of carbonyl (C=O) groups is 1. The number of fused-ring (bicyclic) bond motifs is 1. The third-order valence-corrected chi connectivity index (χ3v) is 3.25. The second kappa shape index (κ2) is 6.81. The van der Waals surface area contributed by atoms with E-state index in [1.807, 2.05) is 13.0 Å². The van der Waals surface area contributed by atoms with Crippen LogP contribution >= 0.6 is 11.6 Å². The van der Waals surface area contributed by atoms with E-state index < -0.39 is 0 Å². The van der Waals surface area contributed by atoms with Crippen LogP contribution in [0, 0.1) is 0 Å². The van der Waals surface area contributed by atoms with Crippen LogP contribution in [-0.2, 0) is 11.3 Å². The highest BCUT2D eigenvalue weighted by Crippen LogP contribution is 2.38. The van der Waals surface area contributed by atoms with Gasteiger partial charge in [0.2, 0.25) is 5.91 Å². The Morgan fingerprint density at radius 1 is 1.45 bits per heavy atom. The quantitative estimate of drug-likeness (QED) is 0.870. The fraction of sp³-hybridized carbons (Fsp3) is 0.500. The molecule has 1 aliphatic heterocycles. The average Bonchev–Trinajstić information content (AvgIpc) is 2.43. The van der Waals surface area contributed by atoms with Gasteiger partial charge in [0.05, 0.1) is 5.02 Å². The lowest BCUT2D eigenvalue weighted by Gasteiger charge is -2.20. The predicted octanol–water partition coefficient (Wildman–Crippen LogP) is 1.85. The molecule has 5 nitrogen and oxygen atoms in total. The smallest absolute Gasteiger partial charge is 0.220 e. The highest BCUT2D eigenvalue weighted by atomic mass is 35.5. The Bertz CT molecular complexity index is 492. The maximum absolute atomic E-state index is 11.6. The first-order valence-electron chi connectivity index (χ1n) is 6.66. The molecule has 6 heteroatoms. The number of ether oxygens (including phenoxy) is 2. The SMILES string of the molecule is CC(N)CCC(=O)NCc1cc(Cl)c2c(c1)OCCO2. The Morgan fingerprint density at radius 3 is 2.95 bits per heavy atom. The minimum atomic E-state index is -0.0201. The normalized spacial score (nSPS) is 14.8. The van der Waals surface area contributed by atoms with E-state index in [-0.39, 0.29) is 11.9 Å². The molecule has 0 aromatic heterocycles. The molecule has 110 valence electrons. The van der Waals surface area contributed by atoms with Gasteiger partial charge in [0, 0.05) is 19.0 Å². The van der Waals surface area contributed by atoms with E-state index in [0.717, 1.165) is 5.56 Å². The maximum Gasteiger partial charge on any atom is 0.220 e. The van der Waals surface area contributed by atoms with Crippen molar-refractivity contribution in [1.29, 1.82) is 0 Å². The standard InChI is InChI=1S/C14H19ClN2O3/c1-9(16)2-3-13(18)17-8-10-6-11(15)14-12(7-10)19-4-5-20-14/h6-7,9H,2-5,8,16H2,1H3,(H,17,18). The molecule has 1 aromatic rings. The zero-order chi connectivity index (χ0) is 14.5. The molecule has 20 heavy (non-hydrogen) atoms. The summed E-state index contributed by atoms with van der Waals surface area (Å²) in [4.78, 5) is 11.6. The van der Waals surface area contributed by atoms with Crippen molar-refractivity contribution < 1.29 is 14.3 Å². The van der Waals surface area contributed by atoms with Gasteiger partial charge >= 0.3 is 0 Å². The molecule has 3 N–H and O–H groups in total. The molecule has 0 spiro atoms. The second-order valence-electron chi connectivity index (χ2n) is 4.89. The Morgan fingerprint density at radius 2 is 2.20 bits per heavy atom. The zero-order valence-electron chi connectivity index (χ0n) is 11.4. The van der Waals surface area contributed by atoms with Crippen LogP contribution in [0.25, 0.3) is 0 Å². The van der Waals surface area contributed by atoms with Gasteiger partial charge in [-0.2, -0.15) is 0 Å². The van der Waals surface area contributed by atoms with Gasteiger partial charge in [-0.05, 0) is 31.0 Å². The van der Waals surface area contributed by atoms with Gasteiger partial charge in [0.15, 0.2) is 11.5 Å². The Hall–Kier alpha value is -1.46. The Labute approximate surface area is 123 Å². The van der Waals surface area contributed by atoms with Crippen LogP contribution < -0.4 is 20.5 Å². The first-order valence-corrected chi connectivity index (χ1v) is 7.04. The molecular formula is C14H19ClN2O3. The molecule has 1 amide bonds. The molecule has 0 saturated heterocycles. The highest BCUT2D eigenvalue weighted by Gasteiger charge is 2.16. The molecule has 0 bridgehead atoms. The van der Waals surface area contributed by atoms with Gasteiger partial charge in [-0.25, -0.2) is 0 Å². The molecule has 1 atom stereocenters. The van der Waals surface area contributed by atoms with Crippen LogP contribution in [-0.4, -0.2) is 25.2 Å². The van der Waals surface area contributed by atoms with Gasteiger partial charge in [-0.15, -0.1) is 0 Å². The van der Waals surface area contributed by atoms with E-state index in [0.29, 0.717) is 49.1 Å². The summed E-state index contributed by atoms with van der Waals surface area (Å²) in [6, 6.07) is 3.65. The molecule has 1 unspecified atom stereocenters. The monoisotopic (exact) mass is 298 g/mol. The summed E-state index contributed by atoms with van der Waals surface area (Å²) in [5, 5.41) is 3.34. The number of benzene rings is 1. The van der Waals surface area contributed by atoms with Gasteiger partial charge in [-0.1, -0.05) is 11.6 Å². The fourth-order valence-electron chi connectivity index (χ4n) is 1.91. The fourth-order valence-corrected chi connectivity index (χ4v) is 2.20. The molecule has 0 fully saturated rings. The summed E-state index contributed by atoms with van der Waals surface area (Å²) in [7, 11) is 0. The lowest BCUT2D eigenvalue weighted by atomic mass is 10.1. The number of carbonyl (C=O) groups excluding carboxylic acids is 1. The van der Waals surface area contributed by atoms with E-state index in [9.17, 15) is 4.79 Å². The second-order valence-corrected chi connectivity index (χ2v) is 5.30. The summed E-state index contributed by atoms with van der Waals surface area (Å²) in [6.45, 7) is 3.30. The minimum absolute atomic E-state index is 0.0201. The molecule has 0 saturated carbocycles. The van der Waals surface area contributed by atoms with Crippen molar-refractivity contribution in [3.8, 4) is 11.5 Å². The third kappa shape index (κ3) is 4.02. The molecule has 0 radical (unpaired) electrons. The number of halogens is 1. The van der Waals surface area contributed by atoms with Gasteiger partial charge < -0.3 is 20.5 Å². The van der Waals surface area contributed by atoms with Crippen molar-refractivity contribution >= 4 is 17.5 Å². The minimum Gasteiger partial charge on any atom is -0.486 e. The maximum atomic E-state index is 11.6. The van der Waals surface area contributed by atoms with Crippen LogP contribution in [0.4, 0.5) is 0 Å².